The highest BCUT2D eigenvalue weighted by molar-refractivity contribution is 9.10. The molecule has 3 rings (SSSR count). The second-order valence-corrected chi connectivity index (χ2v) is 6.22. The molecular weight excluding hydrogens is 316 g/mol. The number of aromatic amines is 1. The van der Waals surface area contributed by atoms with Crippen molar-refractivity contribution >= 4 is 26.8 Å². The predicted octanol–water partition coefficient (Wildman–Crippen LogP) is 2.74. The Bertz CT molecular complexity index is 649. The van der Waals surface area contributed by atoms with Crippen LogP contribution in [0.1, 0.15) is 11.6 Å². The minimum Gasteiger partial charge on any atom is -0.361 e. The van der Waals surface area contributed by atoms with Gasteiger partial charge in [0.05, 0.1) is 6.07 Å². The van der Waals surface area contributed by atoms with Gasteiger partial charge in [-0.1, -0.05) is 15.9 Å². The van der Waals surface area contributed by atoms with Crippen molar-refractivity contribution in [2.45, 2.75) is 6.04 Å². The molecule has 0 unspecified atom stereocenters. The lowest BCUT2D eigenvalue weighted by molar-refractivity contribution is 0.133. The second kappa shape index (κ2) is 5.57. The summed E-state index contributed by atoms with van der Waals surface area (Å²) in [4.78, 5) is 7.84. The average molecular weight is 333 g/mol. The highest BCUT2D eigenvalue weighted by Crippen LogP contribution is 2.30. The molecule has 0 amide bonds. The Balaban J connectivity index is 1.95. The fourth-order valence-electron chi connectivity index (χ4n) is 2.77. The van der Waals surface area contributed by atoms with E-state index in [1.54, 1.807) is 0 Å². The molecule has 1 atom stereocenters. The van der Waals surface area contributed by atoms with Crippen molar-refractivity contribution in [1.29, 1.82) is 5.26 Å². The van der Waals surface area contributed by atoms with Crippen molar-refractivity contribution in [1.82, 2.24) is 14.8 Å². The first-order valence-electron chi connectivity index (χ1n) is 6.78. The third-order valence-corrected chi connectivity index (χ3v) is 4.49. The van der Waals surface area contributed by atoms with E-state index in [4.69, 9.17) is 0 Å². The molecule has 2 aromatic rings. The van der Waals surface area contributed by atoms with Gasteiger partial charge in [0.15, 0.2) is 0 Å². The van der Waals surface area contributed by atoms with Crippen LogP contribution in [0, 0.1) is 11.3 Å². The first-order chi connectivity index (χ1) is 9.69. The van der Waals surface area contributed by atoms with Gasteiger partial charge >= 0.3 is 0 Å². The zero-order valence-corrected chi connectivity index (χ0v) is 13.0. The van der Waals surface area contributed by atoms with Crippen LogP contribution in [0.15, 0.2) is 28.9 Å². The van der Waals surface area contributed by atoms with Gasteiger partial charge in [-0.15, -0.1) is 0 Å². The molecule has 4 nitrogen and oxygen atoms in total. The number of hydrogen-bond donors (Lipinski definition) is 1. The zero-order chi connectivity index (χ0) is 14.1. The molecule has 1 aromatic carbocycles. The van der Waals surface area contributed by atoms with Crippen LogP contribution < -0.4 is 0 Å². The average Bonchev–Trinajstić information content (AvgIpc) is 2.85. The highest BCUT2D eigenvalue weighted by Gasteiger charge is 2.25. The maximum absolute atomic E-state index is 9.61. The number of hydrogen-bond acceptors (Lipinski definition) is 3. The lowest BCUT2D eigenvalue weighted by Gasteiger charge is -2.35. The number of nitriles is 1. The Morgan fingerprint density at radius 1 is 1.30 bits per heavy atom. The predicted molar refractivity (Wildman–Crippen MR) is 83.4 cm³/mol. The minimum absolute atomic E-state index is 0.174. The third-order valence-electron chi connectivity index (χ3n) is 4.00. The number of nitrogens with zero attached hydrogens (tertiary/aromatic N) is 3. The van der Waals surface area contributed by atoms with E-state index in [0.29, 0.717) is 0 Å². The van der Waals surface area contributed by atoms with Crippen LogP contribution in [0.4, 0.5) is 0 Å². The number of H-pyrrole nitrogens is 1. The fourth-order valence-corrected chi connectivity index (χ4v) is 3.13. The third kappa shape index (κ3) is 2.47. The van der Waals surface area contributed by atoms with Gasteiger partial charge in [0, 0.05) is 53.3 Å². The smallest absolute Gasteiger partial charge is 0.126 e. The molecule has 20 heavy (non-hydrogen) atoms. The van der Waals surface area contributed by atoms with Crippen LogP contribution >= 0.6 is 15.9 Å². The van der Waals surface area contributed by atoms with Gasteiger partial charge in [-0.2, -0.15) is 5.26 Å². The van der Waals surface area contributed by atoms with Gasteiger partial charge in [0.1, 0.15) is 6.04 Å². The van der Waals surface area contributed by atoms with Crippen LogP contribution in [0.2, 0.25) is 0 Å². The number of halogens is 1. The molecule has 1 N–H and O–H groups in total. The van der Waals surface area contributed by atoms with E-state index in [1.807, 2.05) is 18.3 Å². The second-order valence-electron chi connectivity index (χ2n) is 5.30. The van der Waals surface area contributed by atoms with Crippen molar-refractivity contribution in [3.05, 3.63) is 34.4 Å². The summed E-state index contributed by atoms with van der Waals surface area (Å²) in [5.74, 6) is 0. The summed E-state index contributed by atoms with van der Waals surface area (Å²) < 4.78 is 1.04. The summed E-state index contributed by atoms with van der Waals surface area (Å²) in [5, 5.41) is 10.7. The Morgan fingerprint density at radius 3 is 2.75 bits per heavy atom. The zero-order valence-electron chi connectivity index (χ0n) is 11.4. The SMILES string of the molecule is CN1CCN([C@@H](C#N)c2c[nH]c3ccc(Br)cc23)CC1. The normalized spacial score (nSPS) is 19.1. The minimum atomic E-state index is -0.174. The Kier molecular flexibility index (Phi) is 3.79. The summed E-state index contributed by atoms with van der Waals surface area (Å²) in [5.41, 5.74) is 2.16. The molecule has 1 aliphatic heterocycles. The number of fused-ring (bicyclic) bond motifs is 1. The lowest BCUT2D eigenvalue weighted by atomic mass is 10.0. The molecule has 104 valence electrons. The maximum atomic E-state index is 9.61. The summed E-state index contributed by atoms with van der Waals surface area (Å²) in [6, 6.07) is 8.44. The number of rotatable bonds is 2. The number of piperazine rings is 1. The highest BCUT2D eigenvalue weighted by atomic mass is 79.9. The lowest BCUT2D eigenvalue weighted by Crippen LogP contribution is -2.45. The summed E-state index contributed by atoms with van der Waals surface area (Å²) in [6.07, 6.45) is 1.98. The summed E-state index contributed by atoms with van der Waals surface area (Å²) in [6.45, 7) is 3.92. The Hall–Kier alpha value is -1.35. The van der Waals surface area contributed by atoms with Crippen LogP contribution in [0.3, 0.4) is 0 Å². The van der Waals surface area contributed by atoms with E-state index < -0.39 is 0 Å². The van der Waals surface area contributed by atoms with E-state index in [1.165, 1.54) is 0 Å². The molecule has 0 radical (unpaired) electrons. The monoisotopic (exact) mass is 332 g/mol. The van der Waals surface area contributed by atoms with Crippen LogP contribution in [0.5, 0.6) is 0 Å². The molecule has 1 aliphatic rings. The fraction of sp³-hybridized carbons (Fsp3) is 0.400. The van der Waals surface area contributed by atoms with Gasteiger partial charge in [0.25, 0.3) is 0 Å². The quantitative estimate of drug-likeness (QED) is 0.919. The van der Waals surface area contributed by atoms with Crippen LogP contribution in [-0.2, 0) is 0 Å². The van der Waals surface area contributed by atoms with Crippen molar-refractivity contribution in [2.75, 3.05) is 33.2 Å². The van der Waals surface area contributed by atoms with Gasteiger partial charge in [0.2, 0.25) is 0 Å². The van der Waals surface area contributed by atoms with Gasteiger partial charge in [-0.25, -0.2) is 0 Å². The Morgan fingerprint density at radius 2 is 2.05 bits per heavy atom. The molecule has 0 bridgehead atoms. The number of benzene rings is 1. The van der Waals surface area contributed by atoms with E-state index in [0.717, 1.165) is 47.1 Å². The first kappa shape index (κ1) is 13.6. The number of likely N-dealkylation sites (N-methyl/N-ethyl adjacent to an activating group) is 1. The molecule has 5 heteroatoms. The molecule has 1 fully saturated rings. The van der Waals surface area contributed by atoms with Crippen molar-refractivity contribution in [3.8, 4) is 6.07 Å². The first-order valence-corrected chi connectivity index (χ1v) is 7.57. The van der Waals surface area contributed by atoms with E-state index >= 15 is 0 Å². The molecule has 0 spiro atoms. The van der Waals surface area contributed by atoms with Gasteiger partial charge in [-0.3, -0.25) is 4.90 Å². The molecule has 2 heterocycles. The summed E-state index contributed by atoms with van der Waals surface area (Å²) in [7, 11) is 2.13. The Labute approximate surface area is 127 Å². The summed E-state index contributed by atoms with van der Waals surface area (Å²) >= 11 is 3.51. The molecular formula is C15H17BrN4. The van der Waals surface area contributed by atoms with Crippen molar-refractivity contribution < 1.29 is 0 Å². The van der Waals surface area contributed by atoms with Crippen molar-refractivity contribution in [2.24, 2.45) is 0 Å². The molecule has 0 aliphatic carbocycles. The van der Waals surface area contributed by atoms with Gasteiger partial charge < -0.3 is 9.88 Å². The van der Waals surface area contributed by atoms with Crippen LogP contribution in [-0.4, -0.2) is 48.0 Å². The number of nitrogens with one attached hydrogen (secondary N) is 1. The van der Waals surface area contributed by atoms with E-state index in [9.17, 15) is 5.26 Å². The van der Waals surface area contributed by atoms with Gasteiger partial charge in [-0.05, 0) is 25.2 Å². The largest absolute Gasteiger partial charge is 0.361 e. The standard InChI is InChI=1S/C15H17BrN4/c1-19-4-6-20(7-5-19)15(9-17)13-10-18-14-3-2-11(16)8-12(13)14/h2-3,8,10,15,18H,4-7H2,1H3/t15-/m0/s1. The maximum Gasteiger partial charge on any atom is 0.126 e. The van der Waals surface area contributed by atoms with Crippen LogP contribution in [0.25, 0.3) is 10.9 Å². The topological polar surface area (TPSA) is 46.1 Å². The molecule has 1 saturated heterocycles. The number of aromatic nitrogens is 1. The van der Waals surface area contributed by atoms with E-state index in [-0.39, 0.29) is 6.04 Å². The molecule has 0 saturated carbocycles. The van der Waals surface area contributed by atoms with E-state index in [2.05, 4.69) is 49.9 Å². The van der Waals surface area contributed by atoms with Crippen molar-refractivity contribution in [3.63, 3.8) is 0 Å². The molecule has 1 aromatic heterocycles.